The molecule has 0 radical (unpaired) electrons. The second-order valence-electron chi connectivity index (χ2n) is 8.79. The van der Waals surface area contributed by atoms with Gasteiger partial charge in [0.25, 0.3) is 0 Å². The number of amides is 1. The van der Waals surface area contributed by atoms with E-state index in [1.54, 1.807) is 0 Å². The van der Waals surface area contributed by atoms with E-state index in [1.165, 1.54) is 5.56 Å². The maximum atomic E-state index is 12.6. The van der Waals surface area contributed by atoms with Crippen molar-refractivity contribution < 1.29 is 4.79 Å². The Bertz CT molecular complexity index is 1200. The minimum absolute atomic E-state index is 0.282. The van der Waals surface area contributed by atoms with Gasteiger partial charge < -0.3 is 9.47 Å². The average molecular weight is 428 g/mol. The number of hydrogen-bond acceptors (Lipinski definition) is 3. The molecule has 1 N–H and O–H groups in total. The molecule has 0 bridgehead atoms. The number of aromatic nitrogens is 4. The van der Waals surface area contributed by atoms with Crippen molar-refractivity contribution in [2.45, 2.75) is 39.2 Å². The Morgan fingerprint density at radius 1 is 1.09 bits per heavy atom. The third kappa shape index (κ3) is 4.31. The molecule has 0 unspecified atom stereocenters. The summed E-state index contributed by atoms with van der Waals surface area (Å²) in [7, 11) is 0. The Hall–Kier alpha value is -3.41. The van der Waals surface area contributed by atoms with E-state index in [0.29, 0.717) is 12.3 Å². The van der Waals surface area contributed by atoms with Gasteiger partial charge in [0.15, 0.2) is 0 Å². The first-order chi connectivity index (χ1) is 15.7. The van der Waals surface area contributed by atoms with E-state index in [-0.39, 0.29) is 5.91 Å². The Balaban J connectivity index is 1.17. The van der Waals surface area contributed by atoms with Gasteiger partial charge in [0.1, 0.15) is 0 Å². The highest BCUT2D eigenvalue weighted by Crippen LogP contribution is 2.26. The number of pyridine rings is 1. The molecule has 0 spiro atoms. The van der Waals surface area contributed by atoms with Gasteiger partial charge in [-0.15, -0.1) is 0 Å². The zero-order chi connectivity index (χ0) is 21.9. The van der Waals surface area contributed by atoms with E-state index >= 15 is 0 Å². The molecule has 1 aliphatic heterocycles. The molecule has 1 saturated heterocycles. The highest BCUT2D eigenvalue weighted by atomic mass is 16.2. The van der Waals surface area contributed by atoms with E-state index in [4.69, 9.17) is 4.98 Å². The van der Waals surface area contributed by atoms with Gasteiger partial charge in [-0.25, -0.2) is 4.98 Å². The van der Waals surface area contributed by atoms with Crippen molar-refractivity contribution in [3.8, 4) is 11.3 Å². The average Bonchev–Trinajstić information content (AvgIpc) is 3.44. The Morgan fingerprint density at radius 3 is 2.66 bits per heavy atom. The van der Waals surface area contributed by atoms with Gasteiger partial charge in [-0.3, -0.25) is 9.89 Å². The van der Waals surface area contributed by atoms with Crippen LogP contribution < -0.4 is 0 Å². The first-order valence-corrected chi connectivity index (χ1v) is 11.5. The number of H-pyrrole nitrogens is 1. The maximum absolute atomic E-state index is 12.6. The minimum atomic E-state index is 0.282. The molecule has 1 aromatic carbocycles. The molecule has 3 aromatic heterocycles. The molecule has 1 fully saturated rings. The number of aryl methyl sites for hydroxylation is 2. The maximum Gasteiger partial charge on any atom is 0.222 e. The standard InChI is InChI=1S/C26H29N5O/c1-19-22(17-27-29-19)23-8-9-25-24(28-23)13-16-31(25)18-21-11-14-30(15-12-21)26(32)10-7-20-5-3-2-4-6-20/h2-6,8-9,13,16-17,21H,7,10-12,14-15,18H2,1H3,(H,27,29). The van der Waals surface area contributed by atoms with Gasteiger partial charge in [0.2, 0.25) is 5.91 Å². The lowest BCUT2D eigenvalue weighted by Gasteiger charge is -2.32. The monoisotopic (exact) mass is 427 g/mol. The lowest BCUT2D eigenvalue weighted by Crippen LogP contribution is -2.39. The first kappa shape index (κ1) is 20.5. The van der Waals surface area contributed by atoms with Crippen molar-refractivity contribution in [2.24, 2.45) is 5.92 Å². The first-order valence-electron chi connectivity index (χ1n) is 11.5. The van der Waals surface area contributed by atoms with Crippen molar-refractivity contribution in [2.75, 3.05) is 13.1 Å². The highest BCUT2D eigenvalue weighted by Gasteiger charge is 2.23. The van der Waals surface area contributed by atoms with Gasteiger partial charge >= 0.3 is 0 Å². The lowest BCUT2D eigenvalue weighted by atomic mass is 9.96. The number of piperidine rings is 1. The third-order valence-corrected chi connectivity index (χ3v) is 6.62. The Labute approximate surface area is 188 Å². The van der Waals surface area contributed by atoms with E-state index in [1.807, 2.05) is 36.2 Å². The number of nitrogens with one attached hydrogen (secondary N) is 1. The number of carbonyl (C=O) groups excluding carboxylic acids is 1. The molecule has 1 aliphatic rings. The summed E-state index contributed by atoms with van der Waals surface area (Å²) in [5, 5.41) is 7.09. The molecular formula is C26H29N5O. The van der Waals surface area contributed by atoms with Crippen LogP contribution in [0.15, 0.2) is 60.9 Å². The number of benzene rings is 1. The normalized spacial score (nSPS) is 14.8. The number of nitrogens with zero attached hydrogens (tertiary/aromatic N) is 4. The van der Waals surface area contributed by atoms with Crippen molar-refractivity contribution >= 4 is 16.9 Å². The number of likely N-dealkylation sites (tertiary alicyclic amines) is 1. The molecule has 0 saturated carbocycles. The fourth-order valence-electron chi connectivity index (χ4n) is 4.69. The predicted molar refractivity (Wildman–Crippen MR) is 126 cm³/mol. The summed E-state index contributed by atoms with van der Waals surface area (Å²) in [5.74, 6) is 0.865. The van der Waals surface area contributed by atoms with Gasteiger partial charge in [0, 0.05) is 43.5 Å². The molecular weight excluding hydrogens is 398 g/mol. The Kier molecular flexibility index (Phi) is 5.75. The molecule has 4 aromatic rings. The second kappa shape index (κ2) is 8.99. The summed E-state index contributed by atoms with van der Waals surface area (Å²) in [4.78, 5) is 19.5. The fraction of sp³-hybridized carbons (Fsp3) is 0.346. The van der Waals surface area contributed by atoms with Crippen LogP contribution in [0.2, 0.25) is 0 Å². The summed E-state index contributed by atoms with van der Waals surface area (Å²) in [5.41, 5.74) is 6.43. The summed E-state index contributed by atoms with van der Waals surface area (Å²) in [6.07, 6.45) is 7.49. The molecule has 1 amide bonds. The van der Waals surface area contributed by atoms with Gasteiger partial charge in [-0.1, -0.05) is 30.3 Å². The summed E-state index contributed by atoms with van der Waals surface area (Å²) in [6.45, 7) is 4.71. The fourth-order valence-corrected chi connectivity index (χ4v) is 4.69. The van der Waals surface area contributed by atoms with Crippen LogP contribution in [0.1, 0.15) is 30.5 Å². The summed E-state index contributed by atoms with van der Waals surface area (Å²) >= 11 is 0. The van der Waals surface area contributed by atoms with Crippen LogP contribution in [0.25, 0.3) is 22.3 Å². The molecule has 32 heavy (non-hydrogen) atoms. The van der Waals surface area contributed by atoms with Crippen LogP contribution in [0.5, 0.6) is 0 Å². The van der Waals surface area contributed by atoms with Crippen molar-refractivity contribution in [3.63, 3.8) is 0 Å². The smallest absolute Gasteiger partial charge is 0.222 e. The van der Waals surface area contributed by atoms with Crippen molar-refractivity contribution in [3.05, 3.63) is 72.2 Å². The third-order valence-electron chi connectivity index (χ3n) is 6.62. The molecule has 4 heterocycles. The molecule has 164 valence electrons. The number of hydrogen-bond donors (Lipinski definition) is 1. The van der Waals surface area contributed by atoms with Crippen LogP contribution in [-0.4, -0.2) is 43.6 Å². The van der Waals surface area contributed by atoms with Gasteiger partial charge in [-0.2, -0.15) is 5.10 Å². The van der Waals surface area contributed by atoms with Crippen LogP contribution >= 0.6 is 0 Å². The largest absolute Gasteiger partial charge is 0.346 e. The van der Waals surface area contributed by atoms with E-state index in [9.17, 15) is 4.79 Å². The number of rotatable bonds is 6. The van der Waals surface area contributed by atoms with Gasteiger partial charge in [0.05, 0.1) is 22.9 Å². The van der Waals surface area contributed by atoms with E-state index in [2.05, 4.69) is 51.3 Å². The lowest BCUT2D eigenvalue weighted by molar-refractivity contribution is -0.132. The topological polar surface area (TPSA) is 66.8 Å². The van der Waals surface area contributed by atoms with Crippen molar-refractivity contribution in [1.82, 2.24) is 24.6 Å². The quantitative estimate of drug-likeness (QED) is 0.489. The van der Waals surface area contributed by atoms with Gasteiger partial charge in [-0.05, 0) is 55.9 Å². The second-order valence-corrected chi connectivity index (χ2v) is 8.79. The van der Waals surface area contributed by atoms with E-state index in [0.717, 1.165) is 66.9 Å². The van der Waals surface area contributed by atoms with Crippen LogP contribution in [0, 0.1) is 12.8 Å². The molecule has 5 rings (SSSR count). The zero-order valence-corrected chi connectivity index (χ0v) is 18.5. The van der Waals surface area contributed by atoms with Crippen molar-refractivity contribution in [1.29, 1.82) is 0 Å². The molecule has 6 heteroatoms. The molecule has 0 aliphatic carbocycles. The summed E-state index contributed by atoms with van der Waals surface area (Å²) < 4.78 is 2.31. The van der Waals surface area contributed by atoms with Crippen LogP contribution in [-0.2, 0) is 17.8 Å². The molecule has 0 atom stereocenters. The minimum Gasteiger partial charge on any atom is -0.346 e. The Morgan fingerprint density at radius 2 is 1.91 bits per heavy atom. The number of carbonyl (C=O) groups is 1. The van der Waals surface area contributed by atoms with Crippen LogP contribution in [0.4, 0.5) is 0 Å². The zero-order valence-electron chi connectivity index (χ0n) is 18.5. The summed E-state index contributed by atoms with van der Waals surface area (Å²) in [6, 6.07) is 16.6. The predicted octanol–water partition coefficient (Wildman–Crippen LogP) is 4.61. The molecule has 6 nitrogen and oxygen atoms in total. The number of fused-ring (bicyclic) bond motifs is 1. The van der Waals surface area contributed by atoms with E-state index < -0.39 is 0 Å². The number of aromatic amines is 1. The SMILES string of the molecule is Cc1[nH]ncc1-c1ccc2c(ccn2CC2CCN(C(=O)CCc3ccccc3)CC2)n1. The highest BCUT2D eigenvalue weighted by molar-refractivity contribution is 5.79. The van der Waals surface area contributed by atoms with Crippen LogP contribution in [0.3, 0.4) is 0 Å².